The van der Waals surface area contributed by atoms with E-state index in [1.54, 1.807) is 13.0 Å². The molecule has 19 heavy (non-hydrogen) atoms. The van der Waals surface area contributed by atoms with Gasteiger partial charge in [0.1, 0.15) is 6.61 Å². The maximum absolute atomic E-state index is 10.5. The second-order valence-electron chi connectivity index (χ2n) is 2.50. The zero-order valence-corrected chi connectivity index (χ0v) is 13.2. The third-order valence-electron chi connectivity index (χ3n) is 0.931. The molecule has 0 rings (SSSR count). The second-order valence-corrected chi connectivity index (χ2v) is 2.50. The van der Waals surface area contributed by atoms with Gasteiger partial charge in [-0.3, -0.25) is 0 Å². The Balaban J connectivity index is -0.0000000964. The third kappa shape index (κ3) is 38.4. The number of hydrogen-bond donors (Lipinski definition) is 1. The van der Waals surface area contributed by atoms with E-state index in [9.17, 15) is 4.79 Å². The van der Waals surface area contributed by atoms with Crippen LogP contribution in [0.2, 0.25) is 0 Å². The Morgan fingerprint density at radius 1 is 1.47 bits per heavy atom. The minimum absolute atomic E-state index is 0. The molecule has 0 aliphatic rings. The third-order valence-corrected chi connectivity index (χ3v) is 0.931. The molecule has 0 fully saturated rings. The average Bonchev–Trinajstić information content (AvgIpc) is 2.36. The minimum Gasteiger partial charge on any atom is -0.545 e. The smallest absolute Gasteiger partial charge is 0.545 e. The maximum atomic E-state index is 10.5. The van der Waals surface area contributed by atoms with Crippen LogP contribution < -0.4 is 34.7 Å². The van der Waals surface area contributed by atoms with E-state index < -0.39 is 11.9 Å². The molecule has 0 atom stereocenters. The molecule has 0 heterocycles. The SMILES string of the molecule is C=C(C)C(=O)OCCO.C=CC#N.C=CC(=O)[O-].[Na+]. The van der Waals surface area contributed by atoms with Crippen molar-refractivity contribution in [3.05, 3.63) is 37.5 Å². The van der Waals surface area contributed by atoms with Gasteiger partial charge in [-0.1, -0.05) is 19.7 Å². The van der Waals surface area contributed by atoms with Crippen molar-refractivity contribution in [2.24, 2.45) is 0 Å². The van der Waals surface area contributed by atoms with Crippen LogP contribution in [0.1, 0.15) is 6.92 Å². The van der Waals surface area contributed by atoms with Crippen LogP contribution in [-0.4, -0.2) is 30.3 Å². The zero-order valence-electron chi connectivity index (χ0n) is 11.2. The molecule has 0 spiro atoms. The van der Waals surface area contributed by atoms with Crippen molar-refractivity contribution in [3.63, 3.8) is 0 Å². The Morgan fingerprint density at radius 3 is 2.00 bits per heavy atom. The zero-order chi connectivity index (χ0) is 15.0. The van der Waals surface area contributed by atoms with Gasteiger partial charge in [0.2, 0.25) is 0 Å². The molecule has 0 amide bonds. The molecule has 6 nitrogen and oxygen atoms in total. The summed E-state index contributed by atoms with van der Waals surface area (Å²) < 4.78 is 4.46. The number of aliphatic hydroxyl groups is 1. The van der Waals surface area contributed by atoms with Gasteiger partial charge < -0.3 is 19.7 Å². The first-order valence-corrected chi connectivity index (χ1v) is 4.64. The standard InChI is InChI=1S/C6H10O3.C3H3N.C3H4O2.Na/c1-5(2)6(8)9-4-3-7;1-2-3-4;1-2-3(4)5;/h7H,1,3-4H2,2H3;2H,1H2;2H,1H2,(H,4,5);/q;;;+1/p-1. The number of hydrogen-bond acceptors (Lipinski definition) is 6. The number of carboxylic acids is 1. The van der Waals surface area contributed by atoms with Gasteiger partial charge in [-0.25, -0.2) is 4.79 Å². The van der Waals surface area contributed by atoms with Crippen molar-refractivity contribution < 1.29 is 54.1 Å². The molecular formula is C12H16NNaO5. The van der Waals surface area contributed by atoms with E-state index in [0.29, 0.717) is 5.57 Å². The first-order chi connectivity index (χ1) is 8.37. The molecule has 100 valence electrons. The predicted molar refractivity (Wildman–Crippen MR) is 63.9 cm³/mol. The fraction of sp³-hybridized carbons (Fsp3) is 0.250. The van der Waals surface area contributed by atoms with Crippen molar-refractivity contribution in [2.75, 3.05) is 13.2 Å². The van der Waals surface area contributed by atoms with E-state index in [-0.39, 0.29) is 42.8 Å². The average molecular weight is 277 g/mol. The molecule has 1 N–H and O–H groups in total. The summed E-state index contributed by atoms with van der Waals surface area (Å²) in [4.78, 5) is 19.6. The van der Waals surface area contributed by atoms with Gasteiger partial charge in [-0.05, 0) is 13.0 Å². The van der Waals surface area contributed by atoms with E-state index >= 15 is 0 Å². The Labute approximate surface area is 135 Å². The summed E-state index contributed by atoms with van der Waals surface area (Å²) >= 11 is 0. The van der Waals surface area contributed by atoms with Gasteiger partial charge in [-0.2, -0.15) is 5.26 Å². The number of carbonyl (C=O) groups excluding carboxylic acids is 2. The number of rotatable bonds is 4. The van der Waals surface area contributed by atoms with E-state index in [2.05, 4.69) is 24.5 Å². The van der Waals surface area contributed by atoms with Crippen LogP contribution in [0, 0.1) is 11.3 Å². The van der Waals surface area contributed by atoms with Gasteiger partial charge in [0, 0.05) is 11.6 Å². The molecule has 0 aromatic rings. The molecule has 0 aliphatic heterocycles. The Morgan fingerprint density at radius 2 is 1.84 bits per heavy atom. The van der Waals surface area contributed by atoms with Crippen molar-refractivity contribution in [1.82, 2.24) is 0 Å². The summed E-state index contributed by atoms with van der Waals surface area (Å²) in [6, 6.07) is 1.69. The number of carboxylic acid groups (broad SMARTS) is 1. The summed E-state index contributed by atoms with van der Waals surface area (Å²) in [7, 11) is 0. The molecule has 0 aromatic heterocycles. The quantitative estimate of drug-likeness (QED) is 0.250. The number of ether oxygens (including phenoxy) is 1. The second kappa shape index (κ2) is 21.9. The molecule has 0 radical (unpaired) electrons. The molecule has 0 aliphatic carbocycles. The van der Waals surface area contributed by atoms with Crippen LogP contribution in [0.4, 0.5) is 0 Å². The summed E-state index contributed by atoms with van der Waals surface area (Å²) in [5, 5.41) is 24.8. The monoisotopic (exact) mass is 277 g/mol. The fourth-order valence-corrected chi connectivity index (χ4v) is 0.262. The first kappa shape index (κ1) is 26.2. The van der Waals surface area contributed by atoms with Crippen LogP contribution in [0.15, 0.2) is 37.5 Å². The van der Waals surface area contributed by atoms with Crippen LogP contribution in [0.25, 0.3) is 0 Å². The Hall–Kier alpha value is -1.39. The molecule has 0 unspecified atom stereocenters. The number of esters is 1. The van der Waals surface area contributed by atoms with Gasteiger partial charge in [-0.15, -0.1) is 0 Å². The van der Waals surface area contributed by atoms with Gasteiger partial charge in [0.25, 0.3) is 0 Å². The van der Waals surface area contributed by atoms with E-state index in [1.165, 1.54) is 6.08 Å². The summed E-state index contributed by atoms with van der Waals surface area (Å²) in [5.41, 5.74) is 0.350. The van der Waals surface area contributed by atoms with Crippen LogP contribution in [0.3, 0.4) is 0 Å². The molecule has 0 bridgehead atoms. The molecule has 0 saturated heterocycles. The minimum atomic E-state index is -1.23. The van der Waals surface area contributed by atoms with Gasteiger partial charge in [0.15, 0.2) is 0 Å². The largest absolute Gasteiger partial charge is 1.00 e. The molecule has 7 heteroatoms. The number of carbonyl (C=O) groups is 2. The van der Waals surface area contributed by atoms with E-state index in [4.69, 9.17) is 20.3 Å². The summed E-state index contributed by atoms with van der Waals surface area (Å²) in [5.74, 6) is -1.69. The van der Waals surface area contributed by atoms with Crippen LogP contribution in [-0.2, 0) is 14.3 Å². The van der Waals surface area contributed by atoms with Crippen LogP contribution >= 0.6 is 0 Å². The van der Waals surface area contributed by atoms with Gasteiger partial charge >= 0.3 is 35.5 Å². The van der Waals surface area contributed by atoms with Crippen molar-refractivity contribution >= 4 is 11.9 Å². The van der Waals surface area contributed by atoms with Crippen molar-refractivity contribution in [3.8, 4) is 6.07 Å². The van der Waals surface area contributed by atoms with E-state index in [1.807, 2.05) is 0 Å². The molecule has 0 aromatic carbocycles. The molecular weight excluding hydrogens is 261 g/mol. The number of nitriles is 1. The molecule has 0 saturated carbocycles. The summed E-state index contributed by atoms with van der Waals surface area (Å²) in [6.07, 6.45) is 1.90. The topological polar surface area (TPSA) is 110 Å². The van der Waals surface area contributed by atoms with Crippen LogP contribution in [0.5, 0.6) is 0 Å². The number of aliphatic hydroxyl groups excluding tert-OH is 1. The number of allylic oxidation sites excluding steroid dienone is 1. The van der Waals surface area contributed by atoms with Gasteiger partial charge in [0.05, 0.1) is 18.6 Å². The Bertz CT molecular complexity index is 334. The normalized spacial score (nSPS) is 6.58. The van der Waals surface area contributed by atoms with Crippen molar-refractivity contribution in [2.45, 2.75) is 6.92 Å². The number of nitrogens with zero attached hydrogens (tertiary/aromatic N) is 1. The van der Waals surface area contributed by atoms with E-state index in [0.717, 1.165) is 6.08 Å². The predicted octanol–water partition coefficient (Wildman–Crippen LogP) is -3.28. The fourth-order valence-electron chi connectivity index (χ4n) is 0.262. The Kier molecular flexibility index (Phi) is 30.2. The first-order valence-electron chi connectivity index (χ1n) is 4.64. The number of aliphatic carboxylic acids is 1. The maximum Gasteiger partial charge on any atom is 1.00 e. The summed E-state index contributed by atoms with van der Waals surface area (Å²) in [6.45, 7) is 10.8. The van der Waals surface area contributed by atoms with Crippen molar-refractivity contribution in [1.29, 1.82) is 5.26 Å².